The number of hydrogen-bond acceptors (Lipinski definition) is 5. The van der Waals surface area contributed by atoms with Gasteiger partial charge in [0.15, 0.2) is 0 Å². The highest BCUT2D eigenvalue weighted by molar-refractivity contribution is 9.11. The number of aliphatic hydroxyl groups excluding tert-OH is 1. The number of para-hydroxylation sites is 1. The maximum atomic E-state index is 10.2. The predicted octanol–water partition coefficient (Wildman–Crippen LogP) is 5.38. The molecule has 2 aliphatic heterocycles. The van der Waals surface area contributed by atoms with E-state index in [0.717, 1.165) is 34.5 Å². The SMILES string of the molecule is OC1=C[C@@]2(CCC1)Oc1ccccc1[C@H]1CC(c3ccc(Br)s3)=NN12. The van der Waals surface area contributed by atoms with Gasteiger partial charge in [0.05, 0.1) is 26.2 Å². The Morgan fingerprint density at radius 3 is 2.96 bits per heavy atom. The summed E-state index contributed by atoms with van der Waals surface area (Å²) in [6.07, 6.45) is 5.13. The number of halogens is 1. The van der Waals surface area contributed by atoms with Crippen LogP contribution >= 0.6 is 27.3 Å². The second-order valence-corrected chi connectivity index (χ2v) is 9.15. The lowest BCUT2D eigenvalue weighted by molar-refractivity contribution is -0.0944. The Bertz CT molecular complexity index is 906. The maximum absolute atomic E-state index is 10.2. The maximum Gasteiger partial charge on any atom is 0.220 e. The largest absolute Gasteiger partial charge is 0.512 e. The van der Waals surface area contributed by atoms with Gasteiger partial charge >= 0.3 is 0 Å². The highest BCUT2D eigenvalue weighted by Crippen LogP contribution is 2.50. The molecule has 0 fully saturated rings. The molecule has 0 unspecified atom stereocenters. The van der Waals surface area contributed by atoms with Gasteiger partial charge in [-0.25, -0.2) is 5.01 Å². The molecule has 6 heteroatoms. The molecule has 0 amide bonds. The van der Waals surface area contributed by atoms with Crippen molar-refractivity contribution in [3.63, 3.8) is 0 Å². The van der Waals surface area contributed by atoms with E-state index in [1.54, 1.807) is 11.3 Å². The Hall–Kier alpha value is -1.79. The summed E-state index contributed by atoms with van der Waals surface area (Å²) in [5, 5.41) is 17.2. The smallest absolute Gasteiger partial charge is 0.220 e. The van der Waals surface area contributed by atoms with Crippen LogP contribution in [0.25, 0.3) is 0 Å². The molecule has 1 spiro atoms. The molecule has 1 aromatic carbocycles. The van der Waals surface area contributed by atoms with Crippen molar-refractivity contribution in [3.05, 3.63) is 62.5 Å². The van der Waals surface area contributed by atoms with Crippen molar-refractivity contribution < 1.29 is 9.84 Å². The summed E-state index contributed by atoms with van der Waals surface area (Å²) >= 11 is 5.24. The van der Waals surface area contributed by atoms with Crippen molar-refractivity contribution >= 4 is 33.0 Å². The van der Waals surface area contributed by atoms with E-state index in [2.05, 4.69) is 39.1 Å². The lowest BCUT2D eigenvalue weighted by Crippen LogP contribution is -2.53. The average Bonchev–Trinajstić information content (AvgIpc) is 3.22. The van der Waals surface area contributed by atoms with E-state index in [1.807, 2.05) is 24.3 Å². The number of hydrogen-bond donors (Lipinski definition) is 1. The van der Waals surface area contributed by atoms with Gasteiger partial charge < -0.3 is 9.84 Å². The topological polar surface area (TPSA) is 45.1 Å². The van der Waals surface area contributed by atoms with E-state index < -0.39 is 5.72 Å². The lowest BCUT2D eigenvalue weighted by atomic mass is 9.90. The third-order valence-corrected chi connectivity index (χ3v) is 6.75. The molecule has 0 bridgehead atoms. The normalized spacial score (nSPS) is 27.4. The molecule has 3 heterocycles. The molecule has 25 heavy (non-hydrogen) atoms. The van der Waals surface area contributed by atoms with Crippen molar-refractivity contribution in [1.29, 1.82) is 0 Å². The Kier molecular flexibility index (Phi) is 3.47. The molecular weight excluding hydrogens is 400 g/mol. The van der Waals surface area contributed by atoms with Gasteiger partial charge in [-0.05, 0) is 40.5 Å². The summed E-state index contributed by atoms with van der Waals surface area (Å²) in [5.74, 6) is 1.30. The monoisotopic (exact) mass is 416 g/mol. The summed E-state index contributed by atoms with van der Waals surface area (Å²) in [6, 6.07) is 12.5. The van der Waals surface area contributed by atoms with E-state index in [-0.39, 0.29) is 6.04 Å². The van der Waals surface area contributed by atoms with E-state index in [9.17, 15) is 5.11 Å². The van der Waals surface area contributed by atoms with Crippen LogP contribution in [0.3, 0.4) is 0 Å². The zero-order valence-corrected chi connectivity index (χ0v) is 15.9. The van der Waals surface area contributed by atoms with E-state index in [1.165, 1.54) is 10.4 Å². The van der Waals surface area contributed by atoms with Gasteiger partial charge in [0.25, 0.3) is 0 Å². The summed E-state index contributed by atoms with van der Waals surface area (Å²) in [6.45, 7) is 0. The number of hydrazone groups is 1. The second-order valence-electron chi connectivity index (χ2n) is 6.69. The standard InChI is InChI=1S/C19H17BrN2O2S/c20-18-8-7-17(25-18)14-10-15-13-5-1-2-6-16(13)24-19(22(15)21-14)9-3-4-12(23)11-19/h1-2,5-8,11,15,23H,3-4,9-10H2/t15-,19-/m1/s1. The van der Waals surface area contributed by atoms with Gasteiger partial charge in [0.2, 0.25) is 5.72 Å². The third kappa shape index (κ3) is 2.42. The van der Waals surface area contributed by atoms with Gasteiger partial charge in [-0.1, -0.05) is 18.2 Å². The van der Waals surface area contributed by atoms with Crippen LogP contribution in [0, 0.1) is 0 Å². The Balaban J connectivity index is 1.64. The van der Waals surface area contributed by atoms with Crippen molar-refractivity contribution in [1.82, 2.24) is 5.01 Å². The number of ether oxygens (including phenoxy) is 1. The fourth-order valence-corrected chi connectivity index (χ4v) is 5.37. The highest BCUT2D eigenvalue weighted by atomic mass is 79.9. The number of fused-ring (bicyclic) bond motifs is 4. The number of thiophene rings is 1. The van der Waals surface area contributed by atoms with Crippen LogP contribution in [0.4, 0.5) is 0 Å². The van der Waals surface area contributed by atoms with Crippen molar-refractivity contribution in [2.24, 2.45) is 5.10 Å². The quantitative estimate of drug-likeness (QED) is 0.678. The zero-order valence-electron chi connectivity index (χ0n) is 13.5. The Morgan fingerprint density at radius 1 is 1.28 bits per heavy atom. The molecule has 0 saturated carbocycles. The molecule has 1 aromatic heterocycles. The number of nitrogens with zero attached hydrogens (tertiary/aromatic N) is 2. The molecule has 128 valence electrons. The van der Waals surface area contributed by atoms with Gasteiger partial charge in [0, 0.05) is 30.9 Å². The molecule has 0 radical (unpaired) electrons. The molecule has 2 aromatic rings. The minimum Gasteiger partial charge on any atom is -0.512 e. The van der Waals surface area contributed by atoms with Gasteiger partial charge in [-0.3, -0.25) is 0 Å². The summed E-state index contributed by atoms with van der Waals surface area (Å²) in [4.78, 5) is 1.18. The fraction of sp³-hybridized carbons (Fsp3) is 0.316. The number of benzene rings is 1. The summed E-state index contributed by atoms with van der Waals surface area (Å²) in [5.41, 5.74) is 1.57. The van der Waals surface area contributed by atoms with Gasteiger partial charge in [-0.15, -0.1) is 11.3 Å². The first-order chi connectivity index (χ1) is 12.1. The molecule has 1 N–H and O–H groups in total. The van der Waals surface area contributed by atoms with Crippen LogP contribution in [0.2, 0.25) is 0 Å². The van der Waals surface area contributed by atoms with Crippen LogP contribution < -0.4 is 4.74 Å². The van der Waals surface area contributed by atoms with Crippen molar-refractivity contribution in [2.45, 2.75) is 37.5 Å². The lowest BCUT2D eigenvalue weighted by Gasteiger charge is -2.47. The van der Waals surface area contributed by atoms with Crippen molar-refractivity contribution in [2.75, 3.05) is 0 Å². The van der Waals surface area contributed by atoms with Gasteiger partial charge in [-0.2, -0.15) is 5.10 Å². The molecule has 0 saturated heterocycles. The van der Waals surface area contributed by atoms with Crippen molar-refractivity contribution in [3.8, 4) is 5.75 Å². The fourth-order valence-electron chi connectivity index (χ4n) is 3.99. The highest BCUT2D eigenvalue weighted by Gasteiger charge is 2.50. The van der Waals surface area contributed by atoms with E-state index >= 15 is 0 Å². The second kappa shape index (κ2) is 5.61. The molecule has 4 nitrogen and oxygen atoms in total. The van der Waals surface area contributed by atoms with E-state index in [4.69, 9.17) is 9.84 Å². The average molecular weight is 417 g/mol. The van der Waals surface area contributed by atoms with Crippen LogP contribution in [0.5, 0.6) is 5.75 Å². The Morgan fingerprint density at radius 2 is 2.16 bits per heavy atom. The summed E-state index contributed by atoms with van der Waals surface area (Å²) in [7, 11) is 0. The molecule has 1 aliphatic carbocycles. The number of allylic oxidation sites excluding steroid dienone is 1. The summed E-state index contributed by atoms with van der Waals surface area (Å²) < 4.78 is 7.52. The first-order valence-electron chi connectivity index (χ1n) is 8.46. The molecule has 3 aliphatic rings. The Labute approximate surface area is 158 Å². The third-order valence-electron chi connectivity index (χ3n) is 5.08. The van der Waals surface area contributed by atoms with E-state index in [0.29, 0.717) is 12.2 Å². The molecule has 5 rings (SSSR count). The zero-order chi connectivity index (χ0) is 17.0. The number of aliphatic hydroxyl groups is 1. The minimum atomic E-state index is -0.683. The molecular formula is C19H17BrN2O2S. The first-order valence-corrected chi connectivity index (χ1v) is 10.1. The van der Waals surface area contributed by atoms with Gasteiger partial charge in [0.1, 0.15) is 5.75 Å². The van der Waals surface area contributed by atoms with Crippen LogP contribution in [-0.4, -0.2) is 21.6 Å². The first kappa shape index (κ1) is 15.5. The minimum absolute atomic E-state index is 0.142. The van der Waals surface area contributed by atoms with Crippen LogP contribution in [-0.2, 0) is 0 Å². The van der Waals surface area contributed by atoms with Crippen LogP contribution in [0.1, 0.15) is 42.2 Å². The molecule has 2 atom stereocenters. The predicted molar refractivity (Wildman–Crippen MR) is 102 cm³/mol. The number of rotatable bonds is 1. The van der Waals surface area contributed by atoms with Crippen LogP contribution in [0.15, 0.2) is 57.1 Å².